The van der Waals surface area contributed by atoms with Crippen molar-refractivity contribution < 1.29 is 14.2 Å². The number of ether oxygens (including phenoxy) is 3. The van der Waals surface area contributed by atoms with Crippen LogP contribution in [0.3, 0.4) is 0 Å². The fourth-order valence-electron chi connectivity index (χ4n) is 5.34. The number of rotatable bonds is 3. The van der Waals surface area contributed by atoms with Crippen molar-refractivity contribution in [1.82, 2.24) is 4.57 Å². The van der Waals surface area contributed by atoms with Crippen LogP contribution in [-0.2, 0) is 12.0 Å². The Balaban J connectivity index is 1.24. The normalized spacial score (nSPS) is 19.8. The van der Waals surface area contributed by atoms with Crippen molar-refractivity contribution >= 4 is 5.69 Å². The van der Waals surface area contributed by atoms with E-state index in [1.54, 1.807) is 0 Å². The lowest BCUT2D eigenvalue weighted by Crippen LogP contribution is -2.35. The number of nitrogens with zero attached hydrogens (tertiary/aromatic N) is 2. The molecule has 3 aromatic carbocycles. The molecule has 158 valence electrons. The van der Waals surface area contributed by atoms with Crippen molar-refractivity contribution in [2.45, 2.75) is 12.0 Å². The Morgan fingerprint density at radius 3 is 2.38 bits per heavy atom. The molecule has 0 aliphatic carbocycles. The Labute approximate surface area is 186 Å². The van der Waals surface area contributed by atoms with Gasteiger partial charge < -0.3 is 23.7 Å². The monoisotopic (exact) mass is 422 g/mol. The maximum atomic E-state index is 6.21. The first-order valence-corrected chi connectivity index (χ1v) is 10.9. The van der Waals surface area contributed by atoms with Crippen molar-refractivity contribution in [1.29, 1.82) is 0 Å². The predicted octanol–water partition coefficient (Wildman–Crippen LogP) is 4.90. The number of hydrogen-bond donors (Lipinski definition) is 0. The van der Waals surface area contributed by atoms with Crippen LogP contribution < -0.4 is 19.1 Å². The molecule has 5 heteroatoms. The van der Waals surface area contributed by atoms with Gasteiger partial charge in [-0.05, 0) is 47.5 Å². The molecule has 5 nitrogen and oxygen atoms in total. The Morgan fingerprint density at radius 2 is 1.53 bits per heavy atom. The van der Waals surface area contributed by atoms with Crippen LogP contribution in [0.1, 0.15) is 16.7 Å². The summed E-state index contributed by atoms with van der Waals surface area (Å²) in [5.74, 6) is 2.49. The highest BCUT2D eigenvalue weighted by atomic mass is 16.7. The molecule has 1 atom stereocenters. The van der Waals surface area contributed by atoms with E-state index in [9.17, 15) is 0 Å². The summed E-state index contributed by atoms with van der Waals surface area (Å²) < 4.78 is 19.6. The molecule has 1 spiro atoms. The number of aromatic nitrogens is 1. The van der Waals surface area contributed by atoms with Crippen LogP contribution in [0.25, 0.3) is 5.69 Å². The van der Waals surface area contributed by atoms with Gasteiger partial charge in [0, 0.05) is 48.5 Å². The van der Waals surface area contributed by atoms with E-state index in [0.717, 1.165) is 30.3 Å². The summed E-state index contributed by atoms with van der Waals surface area (Å²) >= 11 is 0. The van der Waals surface area contributed by atoms with Gasteiger partial charge in [0.05, 0.1) is 5.41 Å². The molecule has 0 amide bonds. The largest absolute Gasteiger partial charge is 0.492 e. The summed E-state index contributed by atoms with van der Waals surface area (Å²) in [6.07, 6.45) is 4.14. The number of fused-ring (bicyclic) bond motifs is 5. The molecule has 32 heavy (non-hydrogen) atoms. The molecule has 1 unspecified atom stereocenters. The van der Waals surface area contributed by atoms with Gasteiger partial charge in [-0.3, -0.25) is 0 Å². The Bertz CT molecular complexity index is 1310. The summed E-state index contributed by atoms with van der Waals surface area (Å²) in [4.78, 5) is 2.48. The van der Waals surface area contributed by atoms with E-state index < -0.39 is 0 Å². The summed E-state index contributed by atoms with van der Waals surface area (Å²) in [5, 5.41) is 0. The van der Waals surface area contributed by atoms with Crippen molar-refractivity contribution in [3.63, 3.8) is 0 Å². The highest BCUT2D eigenvalue weighted by Crippen LogP contribution is 2.54. The van der Waals surface area contributed by atoms with E-state index >= 15 is 0 Å². The molecule has 3 aliphatic heterocycles. The molecule has 0 N–H and O–H groups in total. The van der Waals surface area contributed by atoms with E-state index in [2.05, 4.69) is 76.5 Å². The van der Waals surface area contributed by atoms with Gasteiger partial charge in [-0.25, -0.2) is 0 Å². The number of anilines is 1. The van der Waals surface area contributed by atoms with Gasteiger partial charge in [-0.15, -0.1) is 0 Å². The highest BCUT2D eigenvalue weighted by Gasteiger charge is 2.50. The smallest absolute Gasteiger partial charge is 0.231 e. The summed E-state index contributed by atoms with van der Waals surface area (Å²) in [6.45, 7) is 2.63. The molecule has 4 heterocycles. The molecule has 0 radical (unpaired) electrons. The first-order valence-electron chi connectivity index (χ1n) is 10.9. The summed E-state index contributed by atoms with van der Waals surface area (Å²) in [6, 6.07) is 25.7. The van der Waals surface area contributed by atoms with Crippen molar-refractivity contribution in [2.24, 2.45) is 0 Å². The van der Waals surface area contributed by atoms with Gasteiger partial charge in [-0.1, -0.05) is 30.3 Å². The molecule has 1 aromatic heterocycles. The Kier molecular flexibility index (Phi) is 3.65. The lowest BCUT2D eigenvalue weighted by Gasteiger charge is -2.25. The molecule has 7 rings (SSSR count). The topological polar surface area (TPSA) is 35.9 Å². The number of hydrogen-bond acceptors (Lipinski definition) is 4. The van der Waals surface area contributed by atoms with Crippen LogP contribution in [0.15, 0.2) is 85.2 Å². The van der Waals surface area contributed by atoms with Gasteiger partial charge in [0.2, 0.25) is 6.79 Å². The minimum absolute atomic E-state index is 0.196. The lowest BCUT2D eigenvalue weighted by atomic mass is 9.77. The zero-order valence-electron chi connectivity index (χ0n) is 17.5. The Hall–Kier alpha value is -3.86. The zero-order chi connectivity index (χ0) is 21.1. The average Bonchev–Trinajstić information content (AvgIpc) is 3.62. The predicted molar refractivity (Wildman–Crippen MR) is 122 cm³/mol. The van der Waals surface area contributed by atoms with Crippen LogP contribution in [-0.4, -0.2) is 24.5 Å². The quantitative estimate of drug-likeness (QED) is 0.470. The van der Waals surface area contributed by atoms with E-state index in [1.807, 2.05) is 18.2 Å². The van der Waals surface area contributed by atoms with Gasteiger partial charge in [0.15, 0.2) is 11.5 Å². The van der Waals surface area contributed by atoms with Crippen molar-refractivity contribution in [2.75, 3.05) is 24.8 Å². The maximum absolute atomic E-state index is 6.21. The van der Waals surface area contributed by atoms with Crippen LogP contribution in [0.5, 0.6) is 17.2 Å². The highest BCUT2D eigenvalue weighted by molar-refractivity contribution is 5.71. The fourth-order valence-corrected chi connectivity index (χ4v) is 5.34. The molecular formula is C27H22N2O3. The minimum Gasteiger partial charge on any atom is -0.492 e. The molecule has 3 aliphatic rings. The first-order chi connectivity index (χ1) is 15.8. The van der Waals surface area contributed by atoms with Gasteiger partial charge in [-0.2, -0.15) is 0 Å². The molecule has 4 aromatic rings. The first kappa shape index (κ1) is 17.8. The second kappa shape index (κ2) is 6.57. The minimum atomic E-state index is -0.196. The van der Waals surface area contributed by atoms with Crippen LogP contribution in [0.4, 0.5) is 5.69 Å². The fraction of sp³-hybridized carbons (Fsp3) is 0.185. The van der Waals surface area contributed by atoms with Gasteiger partial charge in [0.1, 0.15) is 12.4 Å². The third kappa shape index (κ3) is 2.51. The standard InChI is InChI=1S/C27H22N2O3/c1-2-6-23-21(5-1)27(17-30-24-14-26-25(13-22(24)27)31-18-32-26)16-29(23)15-19-7-9-20(10-8-19)28-11-3-4-12-28/h1-14H,15-18H2. The van der Waals surface area contributed by atoms with Crippen LogP contribution in [0, 0.1) is 0 Å². The molecular weight excluding hydrogens is 400 g/mol. The maximum Gasteiger partial charge on any atom is 0.231 e. The van der Waals surface area contributed by atoms with Crippen LogP contribution in [0.2, 0.25) is 0 Å². The molecule has 0 saturated heterocycles. The average molecular weight is 422 g/mol. The molecule has 0 fully saturated rings. The third-order valence-corrected chi connectivity index (χ3v) is 6.90. The molecule has 0 bridgehead atoms. The second-order valence-corrected chi connectivity index (χ2v) is 8.70. The van der Waals surface area contributed by atoms with Crippen molar-refractivity contribution in [3.8, 4) is 22.9 Å². The SMILES string of the molecule is c1ccc2c(c1)N(Cc1ccc(-n3cccc3)cc1)CC21COc2cc3c(cc21)OCO3. The summed E-state index contributed by atoms with van der Waals surface area (Å²) in [7, 11) is 0. The van der Waals surface area contributed by atoms with Gasteiger partial charge >= 0.3 is 0 Å². The molecule has 0 saturated carbocycles. The number of benzene rings is 3. The zero-order valence-corrected chi connectivity index (χ0v) is 17.5. The van der Waals surface area contributed by atoms with Crippen molar-refractivity contribution in [3.05, 3.63) is 102 Å². The Morgan fingerprint density at radius 1 is 0.750 bits per heavy atom. The van der Waals surface area contributed by atoms with E-state index in [4.69, 9.17) is 14.2 Å². The second-order valence-electron chi connectivity index (χ2n) is 8.70. The lowest BCUT2D eigenvalue weighted by molar-refractivity contribution is 0.173. The number of para-hydroxylation sites is 1. The summed E-state index contributed by atoms with van der Waals surface area (Å²) in [5.41, 5.74) is 6.05. The third-order valence-electron chi connectivity index (χ3n) is 6.90. The van der Waals surface area contributed by atoms with E-state index in [-0.39, 0.29) is 12.2 Å². The van der Waals surface area contributed by atoms with Crippen LogP contribution >= 0.6 is 0 Å². The van der Waals surface area contributed by atoms with E-state index in [1.165, 1.54) is 28.1 Å². The van der Waals surface area contributed by atoms with E-state index in [0.29, 0.717) is 6.61 Å². The van der Waals surface area contributed by atoms with Gasteiger partial charge in [0.25, 0.3) is 0 Å².